The smallest absolute Gasteiger partial charge is 0.337 e. The average molecular weight is 733 g/mol. The molecule has 1 N–H and O–H groups in total. The second-order valence-corrected chi connectivity index (χ2v) is 16.3. The number of carboxylic acids is 1. The largest absolute Gasteiger partial charge is 0.478 e. The number of aromatic nitrogens is 2. The molecule has 10 rings (SSSR count). The van der Waals surface area contributed by atoms with Crippen molar-refractivity contribution < 1.29 is 19.4 Å². The molecule has 4 aliphatic rings. The van der Waals surface area contributed by atoms with Gasteiger partial charge in [0.1, 0.15) is 0 Å². The Bertz CT molecular complexity index is 2400. The van der Waals surface area contributed by atoms with E-state index in [0.29, 0.717) is 23.0 Å². The number of nitrogens with zero attached hydrogens (tertiary/aromatic N) is 2. The van der Waals surface area contributed by atoms with E-state index in [2.05, 4.69) is 69.8 Å². The number of aromatic carboxylic acids is 1. The number of ether oxygens (including phenoxy) is 1. The SMILES string of the molecule is COC(=O)c1ccc2c(C3CCCCC3)c3n(c2c1)CCCc1ccccc1-3.O=C(O)c1ccc2c(C3CCCCC3)c3n(c2c1)CCCc1ccccc1-3. The van der Waals surface area contributed by atoms with Gasteiger partial charge < -0.3 is 19.0 Å². The Morgan fingerprint density at radius 2 is 1.04 bits per heavy atom. The monoisotopic (exact) mass is 732 g/mol. The van der Waals surface area contributed by atoms with Crippen LogP contribution in [0.5, 0.6) is 0 Å². The topological polar surface area (TPSA) is 73.5 Å². The second kappa shape index (κ2) is 15.2. The van der Waals surface area contributed by atoms with Crippen molar-refractivity contribution in [3.05, 3.63) is 118 Å². The van der Waals surface area contributed by atoms with Gasteiger partial charge in [-0.1, -0.05) is 99.2 Å². The molecule has 0 unspecified atom stereocenters. The number of benzene rings is 4. The summed E-state index contributed by atoms with van der Waals surface area (Å²) in [5.41, 5.74) is 14.7. The van der Waals surface area contributed by atoms with E-state index in [9.17, 15) is 14.7 Å². The number of carbonyl (C=O) groups excluding carboxylic acids is 1. The fraction of sp³-hybridized carbons (Fsp3) is 0.388. The maximum absolute atomic E-state index is 12.2. The zero-order chi connectivity index (χ0) is 37.5. The molecule has 0 radical (unpaired) electrons. The minimum atomic E-state index is -0.847. The molecule has 4 heterocycles. The van der Waals surface area contributed by atoms with Crippen LogP contribution in [-0.4, -0.2) is 33.3 Å². The van der Waals surface area contributed by atoms with Crippen molar-refractivity contribution in [2.45, 2.75) is 115 Å². The standard InChI is InChI=1S/C25H27NO2.C24H25NO2/c1-28-25(27)19-13-14-21-22(16-19)26-15-7-11-17-8-5-6-12-20(17)24(26)23(21)18-9-3-2-4-10-18;26-24(27)18-12-13-20-21(15-18)25-14-6-10-16-7-4-5-11-19(16)23(25)22(20)17-8-2-1-3-9-17/h5-6,8,12-14,16,18H,2-4,7,9-11,15H2,1H3;4-5,7,11-13,15,17H,1-3,6,8-10,14H2,(H,26,27). The minimum absolute atomic E-state index is 0.259. The third-order valence-corrected chi connectivity index (χ3v) is 13.1. The van der Waals surface area contributed by atoms with Crippen molar-refractivity contribution >= 4 is 33.7 Å². The lowest BCUT2D eigenvalue weighted by atomic mass is 9.81. The number of methoxy groups -OCH3 is 1. The molecule has 4 aromatic carbocycles. The predicted molar refractivity (Wildman–Crippen MR) is 221 cm³/mol. The summed E-state index contributed by atoms with van der Waals surface area (Å²) in [5, 5.41) is 12.1. The summed E-state index contributed by atoms with van der Waals surface area (Å²) in [5.74, 6) is 0.0911. The molecule has 6 nitrogen and oxygen atoms in total. The van der Waals surface area contributed by atoms with Gasteiger partial charge in [0.15, 0.2) is 0 Å². The Labute approximate surface area is 324 Å². The number of hydrogen-bond donors (Lipinski definition) is 1. The van der Waals surface area contributed by atoms with Gasteiger partial charge in [-0.2, -0.15) is 0 Å². The maximum Gasteiger partial charge on any atom is 0.337 e. The maximum atomic E-state index is 12.2. The Kier molecular flexibility index (Phi) is 9.84. The van der Waals surface area contributed by atoms with E-state index in [1.54, 1.807) is 6.07 Å². The first-order valence-electron chi connectivity index (χ1n) is 20.8. The van der Waals surface area contributed by atoms with Gasteiger partial charge in [-0.05, 0) is 110 Å². The van der Waals surface area contributed by atoms with Crippen LogP contribution in [0.2, 0.25) is 0 Å². The third-order valence-electron chi connectivity index (χ3n) is 13.1. The van der Waals surface area contributed by atoms with Crippen molar-refractivity contribution in [3.8, 4) is 22.5 Å². The van der Waals surface area contributed by atoms with E-state index in [-0.39, 0.29) is 5.97 Å². The van der Waals surface area contributed by atoms with Crippen molar-refractivity contribution in [2.24, 2.45) is 0 Å². The first-order valence-corrected chi connectivity index (χ1v) is 20.8. The van der Waals surface area contributed by atoms with E-state index >= 15 is 0 Å². The molecule has 6 aromatic rings. The number of aryl methyl sites for hydroxylation is 4. The summed E-state index contributed by atoms with van der Waals surface area (Å²) in [4.78, 5) is 23.7. The van der Waals surface area contributed by atoms with E-state index < -0.39 is 5.97 Å². The molecule has 0 atom stereocenters. The molecular formula is C49H52N2O4. The molecule has 0 amide bonds. The summed E-state index contributed by atoms with van der Waals surface area (Å²) in [6.45, 7) is 1.95. The highest BCUT2D eigenvalue weighted by molar-refractivity contribution is 6.00. The lowest BCUT2D eigenvalue weighted by molar-refractivity contribution is 0.0600. The molecular weight excluding hydrogens is 681 g/mol. The van der Waals surface area contributed by atoms with Crippen LogP contribution in [0.4, 0.5) is 0 Å². The highest BCUT2D eigenvalue weighted by Gasteiger charge is 2.30. The molecule has 282 valence electrons. The zero-order valence-corrected chi connectivity index (χ0v) is 32.1. The molecule has 2 aliphatic heterocycles. The lowest BCUT2D eigenvalue weighted by Gasteiger charge is -2.24. The van der Waals surface area contributed by atoms with E-state index in [4.69, 9.17) is 4.74 Å². The third kappa shape index (κ3) is 6.47. The van der Waals surface area contributed by atoms with E-state index in [1.165, 1.54) is 132 Å². The van der Waals surface area contributed by atoms with Crippen LogP contribution < -0.4 is 0 Å². The fourth-order valence-electron chi connectivity index (χ4n) is 10.6. The highest BCUT2D eigenvalue weighted by atomic mass is 16.5. The van der Waals surface area contributed by atoms with Crippen LogP contribution in [0.15, 0.2) is 84.9 Å². The summed E-state index contributed by atoms with van der Waals surface area (Å²) in [7, 11) is 1.45. The van der Waals surface area contributed by atoms with E-state index in [0.717, 1.165) is 44.3 Å². The molecule has 2 aromatic heterocycles. The Hall–Kier alpha value is -5.10. The number of fused-ring (bicyclic) bond motifs is 10. The second-order valence-electron chi connectivity index (χ2n) is 16.3. The van der Waals surface area contributed by atoms with Gasteiger partial charge in [0.05, 0.1) is 29.6 Å². The number of carbonyl (C=O) groups is 2. The Morgan fingerprint density at radius 3 is 1.51 bits per heavy atom. The van der Waals surface area contributed by atoms with Gasteiger partial charge in [0, 0.05) is 46.0 Å². The normalized spacial score (nSPS) is 17.2. The predicted octanol–water partition coefficient (Wildman–Crippen LogP) is 12.1. The first-order chi connectivity index (χ1) is 27.0. The van der Waals surface area contributed by atoms with Crippen molar-refractivity contribution in [1.82, 2.24) is 9.13 Å². The molecule has 2 saturated carbocycles. The van der Waals surface area contributed by atoms with Crippen LogP contribution in [0, 0.1) is 0 Å². The number of carboxylic acid groups (broad SMARTS) is 1. The average Bonchev–Trinajstić information content (AvgIpc) is 3.55. The first kappa shape index (κ1) is 35.6. The Morgan fingerprint density at radius 1 is 0.582 bits per heavy atom. The molecule has 2 aliphatic carbocycles. The molecule has 55 heavy (non-hydrogen) atoms. The fourth-order valence-corrected chi connectivity index (χ4v) is 10.6. The van der Waals surface area contributed by atoms with Crippen LogP contribution in [0.1, 0.15) is 132 Å². The van der Waals surface area contributed by atoms with Gasteiger partial charge in [-0.3, -0.25) is 0 Å². The summed E-state index contributed by atoms with van der Waals surface area (Å²) < 4.78 is 9.88. The zero-order valence-electron chi connectivity index (χ0n) is 32.1. The van der Waals surface area contributed by atoms with Crippen molar-refractivity contribution in [2.75, 3.05) is 7.11 Å². The Balaban J connectivity index is 0.000000144. The van der Waals surface area contributed by atoms with Gasteiger partial charge >= 0.3 is 11.9 Å². The van der Waals surface area contributed by atoms with Crippen LogP contribution >= 0.6 is 0 Å². The van der Waals surface area contributed by atoms with Gasteiger partial charge in [-0.25, -0.2) is 9.59 Å². The lowest BCUT2D eigenvalue weighted by Crippen LogP contribution is -2.06. The quantitative estimate of drug-likeness (QED) is 0.183. The summed E-state index contributed by atoms with van der Waals surface area (Å²) >= 11 is 0. The van der Waals surface area contributed by atoms with Crippen LogP contribution in [-0.2, 0) is 30.7 Å². The van der Waals surface area contributed by atoms with Crippen molar-refractivity contribution in [3.63, 3.8) is 0 Å². The summed E-state index contributed by atoms with van der Waals surface area (Å²) in [6.07, 6.45) is 17.4. The molecule has 0 bridgehead atoms. The van der Waals surface area contributed by atoms with Crippen LogP contribution in [0.3, 0.4) is 0 Å². The molecule has 6 heteroatoms. The highest BCUT2D eigenvalue weighted by Crippen LogP contribution is 2.48. The molecule has 0 saturated heterocycles. The molecule has 0 spiro atoms. The van der Waals surface area contributed by atoms with Gasteiger partial charge in [-0.15, -0.1) is 0 Å². The molecule has 2 fully saturated rings. The van der Waals surface area contributed by atoms with Gasteiger partial charge in [0.25, 0.3) is 0 Å². The van der Waals surface area contributed by atoms with Gasteiger partial charge in [0.2, 0.25) is 0 Å². The number of esters is 1. The van der Waals surface area contributed by atoms with E-state index in [1.807, 2.05) is 18.2 Å². The van der Waals surface area contributed by atoms with Crippen LogP contribution in [0.25, 0.3) is 44.3 Å². The van der Waals surface area contributed by atoms with Crippen molar-refractivity contribution in [1.29, 1.82) is 0 Å². The minimum Gasteiger partial charge on any atom is -0.478 e. The number of hydrogen-bond acceptors (Lipinski definition) is 3. The summed E-state index contributed by atoms with van der Waals surface area (Å²) in [6, 6.07) is 29.6. The number of rotatable bonds is 4.